The van der Waals surface area contributed by atoms with Gasteiger partial charge in [0.15, 0.2) is 5.82 Å². The molecule has 28 heavy (non-hydrogen) atoms. The van der Waals surface area contributed by atoms with E-state index in [1.165, 1.54) is 0 Å². The maximum absolute atomic E-state index is 10.3. The largest absolute Gasteiger partial charge is 0.491 e. The molecule has 0 aliphatic rings. The van der Waals surface area contributed by atoms with E-state index in [4.69, 9.17) is 24.1 Å². The second-order valence-electron chi connectivity index (χ2n) is 5.62. The fourth-order valence-electron chi connectivity index (χ4n) is 2.01. The average Bonchev–Trinajstić information content (AvgIpc) is 2.70. The summed E-state index contributed by atoms with van der Waals surface area (Å²) in [6, 6.07) is 7.34. The van der Waals surface area contributed by atoms with Gasteiger partial charge in [0, 0.05) is 5.56 Å². The molecule has 2 aromatic rings. The molecular weight excluding hydrogens is 368 g/mol. The maximum Gasteiger partial charge on any atom is 0.305 e. The third-order valence-corrected chi connectivity index (χ3v) is 3.39. The quantitative estimate of drug-likeness (QED) is 0.468. The zero-order valence-electron chi connectivity index (χ0n) is 15.7. The van der Waals surface area contributed by atoms with Crippen LogP contribution in [0.4, 0.5) is 0 Å². The summed E-state index contributed by atoms with van der Waals surface area (Å²) in [5.41, 5.74) is 0.813. The van der Waals surface area contributed by atoms with Crippen LogP contribution in [0.15, 0.2) is 24.3 Å². The van der Waals surface area contributed by atoms with Crippen LogP contribution in [0.2, 0.25) is 0 Å². The highest BCUT2D eigenvalue weighted by Gasteiger charge is 2.03. The van der Waals surface area contributed by atoms with Gasteiger partial charge in [0.2, 0.25) is 5.82 Å². The second kappa shape index (κ2) is 12.7. The molecule has 1 aromatic carbocycles. The number of carbonyl (C=O) groups is 1. The van der Waals surface area contributed by atoms with E-state index < -0.39 is 5.97 Å². The monoisotopic (exact) mass is 392 g/mol. The number of aromatic nitrogens is 4. The highest BCUT2D eigenvalue weighted by Crippen LogP contribution is 2.18. The Labute approximate surface area is 162 Å². The average molecular weight is 392 g/mol. The van der Waals surface area contributed by atoms with Crippen molar-refractivity contribution in [2.75, 3.05) is 46.2 Å². The van der Waals surface area contributed by atoms with E-state index in [-0.39, 0.29) is 13.0 Å². The van der Waals surface area contributed by atoms with Gasteiger partial charge in [0.1, 0.15) is 12.4 Å². The lowest BCUT2D eigenvalue weighted by Gasteiger charge is -2.08. The van der Waals surface area contributed by atoms with Crippen molar-refractivity contribution in [1.82, 2.24) is 20.4 Å². The summed E-state index contributed by atoms with van der Waals surface area (Å²) in [7, 11) is 0. The van der Waals surface area contributed by atoms with Gasteiger partial charge in [-0.25, -0.2) is 0 Å². The van der Waals surface area contributed by atoms with Crippen molar-refractivity contribution < 1.29 is 28.8 Å². The number of aryl methyl sites for hydroxylation is 1. The molecule has 1 heterocycles. The van der Waals surface area contributed by atoms with Crippen LogP contribution in [0.25, 0.3) is 11.4 Å². The Hall–Kier alpha value is -2.69. The molecule has 10 heteroatoms. The highest BCUT2D eigenvalue weighted by atomic mass is 16.6. The van der Waals surface area contributed by atoms with Crippen LogP contribution in [0.1, 0.15) is 12.2 Å². The van der Waals surface area contributed by atoms with Crippen molar-refractivity contribution in [3.8, 4) is 17.1 Å². The SMILES string of the molecule is Cc1nnc(-c2ccc(OCCOCCOCCOCCC(=O)O)cc2)nn1. The molecule has 0 spiro atoms. The minimum Gasteiger partial charge on any atom is -0.491 e. The Morgan fingerprint density at radius 3 is 1.93 bits per heavy atom. The molecule has 0 atom stereocenters. The van der Waals surface area contributed by atoms with Crippen LogP contribution in [0.3, 0.4) is 0 Å². The standard InChI is InChI=1S/C18H24N4O6/c1-14-19-21-18(22-20-14)15-2-4-16(5-3-15)28-13-12-27-11-10-26-9-8-25-7-6-17(23)24/h2-5H,6-13H2,1H3,(H,23,24). The lowest BCUT2D eigenvalue weighted by Crippen LogP contribution is -2.13. The number of hydrogen-bond donors (Lipinski definition) is 1. The van der Waals surface area contributed by atoms with Crippen molar-refractivity contribution in [3.63, 3.8) is 0 Å². The summed E-state index contributed by atoms with van der Waals surface area (Å²) in [4.78, 5) is 10.3. The number of rotatable bonds is 14. The van der Waals surface area contributed by atoms with Crippen LogP contribution >= 0.6 is 0 Å². The summed E-state index contributed by atoms with van der Waals surface area (Å²) in [6.45, 7) is 4.44. The third kappa shape index (κ3) is 8.80. The van der Waals surface area contributed by atoms with Crippen LogP contribution in [0.5, 0.6) is 5.75 Å². The number of hydrogen-bond acceptors (Lipinski definition) is 9. The van der Waals surface area contributed by atoms with Gasteiger partial charge in [-0.15, -0.1) is 20.4 Å². The first-order valence-electron chi connectivity index (χ1n) is 8.87. The zero-order chi connectivity index (χ0) is 20.0. The minimum absolute atomic E-state index is 0.0000162. The molecule has 0 aliphatic carbocycles. The van der Waals surface area contributed by atoms with E-state index in [1.807, 2.05) is 24.3 Å². The molecule has 0 amide bonds. The summed E-state index contributed by atoms with van der Waals surface area (Å²) in [5.74, 6) is 0.837. The second-order valence-corrected chi connectivity index (χ2v) is 5.62. The number of carboxylic acids is 1. The smallest absolute Gasteiger partial charge is 0.305 e. The first kappa shape index (κ1) is 21.6. The van der Waals surface area contributed by atoms with E-state index in [0.717, 1.165) is 11.3 Å². The first-order chi connectivity index (χ1) is 13.6. The highest BCUT2D eigenvalue weighted by molar-refractivity contribution is 5.66. The topological polar surface area (TPSA) is 126 Å². The van der Waals surface area contributed by atoms with Gasteiger partial charge in [-0.2, -0.15) is 0 Å². The van der Waals surface area contributed by atoms with Gasteiger partial charge in [-0.3, -0.25) is 4.79 Å². The molecule has 0 saturated heterocycles. The van der Waals surface area contributed by atoms with E-state index in [1.54, 1.807) is 6.92 Å². The Balaban J connectivity index is 1.48. The number of nitrogens with zero attached hydrogens (tertiary/aromatic N) is 4. The minimum atomic E-state index is -0.873. The lowest BCUT2D eigenvalue weighted by molar-refractivity contribution is -0.138. The summed E-state index contributed by atoms with van der Waals surface area (Å²) in [5, 5.41) is 24.2. The number of carboxylic acid groups (broad SMARTS) is 1. The van der Waals surface area contributed by atoms with Crippen LogP contribution in [-0.4, -0.2) is 77.7 Å². The van der Waals surface area contributed by atoms with Crippen LogP contribution in [-0.2, 0) is 19.0 Å². The molecule has 0 unspecified atom stereocenters. The molecular formula is C18H24N4O6. The molecule has 0 radical (unpaired) electrons. The molecule has 1 aromatic heterocycles. The Bertz CT molecular complexity index is 696. The van der Waals surface area contributed by atoms with Crippen LogP contribution < -0.4 is 4.74 Å². The first-order valence-corrected chi connectivity index (χ1v) is 8.87. The summed E-state index contributed by atoms with van der Waals surface area (Å²) >= 11 is 0. The summed E-state index contributed by atoms with van der Waals surface area (Å²) in [6.07, 6.45) is -0.0000162. The van der Waals surface area contributed by atoms with Gasteiger partial charge in [-0.1, -0.05) is 0 Å². The molecule has 0 bridgehead atoms. The number of aliphatic carboxylic acids is 1. The van der Waals surface area contributed by atoms with Gasteiger partial charge < -0.3 is 24.1 Å². The van der Waals surface area contributed by atoms with Gasteiger partial charge in [-0.05, 0) is 31.2 Å². The molecule has 152 valence electrons. The zero-order valence-corrected chi connectivity index (χ0v) is 15.7. The predicted molar refractivity (Wildman–Crippen MR) is 98.0 cm³/mol. The van der Waals surface area contributed by atoms with E-state index in [9.17, 15) is 4.79 Å². The van der Waals surface area contributed by atoms with Crippen molar-refractivity contribution in [3.05, 3.63) is 30.1 Å². The number of ether oxygens (including phenoxy) is 4. The molecule has 10 nitrogen and oxygen atoms in total. The summed E-state index contributed by atoms with van der Waals surface area (Å²) < 4.78 is 21.4. The van der Waals surface area contributed by atoms with E-state index in [2.05, 4.69) is 20.4 Å². The van der Waals surface area contributed by atoms with Gasteiger partial charge in [0.05, 0.1) is 46.1 Å². The molecule has 0 aliphatic heterocycles. The van der Waals surface area contributed by atoms with Crippen molar-refractivity contribution in [2.45, 2.75) is 13.3 Å². The van der Waals surface area contributed by atoms with Crippen molar-refractivity contribution >= 4 is 5.97 Å². The molecule has 1 N–H and O–H groups in total. The normalized spacial score (nSPS) is 10.8. The lowest BCUT2D eigenvalue weighted by atomic mass is 10.2. The van der Waals surface area contributed by atoms with Gasteiger partial charge >= 0.3 is 5.97 Å². The van der Waals surface area contributed by atoms with E-state index in [0.29, 0.717) is 51.3 Å². The van der Waals surface area contributed by atoms with Crippen LogP contribution in [0, 0.1) is 6.92 Å². The number of benzene rings is 1. The maximum atomic E-state index is 10.3. The predicted octanol–water partition coefficient (Wildman–Crippen LogP) is 1.15. The molecule has 0 saturated carbocycles. The Morgan fingerprint density at radius 1 is 0.821 bits per heavy atom. The van der Waals surface area contributed by atoms with Crippen molar-refractivity contribution in [1.29, 1.82) is 0 Å². The molecule has 0 fully saturated rings. The Kier molecular flexibility index (Phi) is 9.76. The van der Waals surface area contributed by atoms with Gasteiger partial charge in [0.25, 0.3) is 0 Å². The fourth-order valence-corrected chi connectivity index (χ4v) is 2.01. The fraction of sp³-hybridized carbons (Fsp3) is 0.500. The molecule has 2 rings (SSSR count). The Morgan fingerprint density at radius 2 is 1.36 bits per heavy atom. The van der Waals surface area contributed by atoms with E-state index >= 15 is 0 Å². The third-order valence-electron chi connectivity index (χ3n) is 3.39. The van der Waals surface area contributed by atoms with Crippen molar-refractivity contribution in [2.24, 2.45) is 0 Å².